The van der Waals surface area contributed by atoms with E-state index in [9.17, 15) is 39.5 Å². The van der Waals surface area contributed by atoms with Crippen molar-refractivity contribution in [3.05, 3.63) is 69.8 Å². The number of hydrazone groups is 1. The molecule has 0 bridgehead atoms. The zero-order valence-corrected chi connectivity index (χ0v) is 24.9. The first-order chi connectivity index (χ1) is 21.0. The van der Waals surface area contributed by atoms with E-state index in [1.807, 2.05) is 18.9 Å². The monoisotopic (exact) mass is 654 g/mol. The second-order valence-electron chi connectivity index (χ2n) is 10.8. The number of halogens is 9. The Morgan fingerprint density at radius 3 is 1.98 bits per heavy atom. The number of rotatable bonds is 10. The lowest BCUT2D eigenvalue weighted by molar-refractivity contribution is -0.143. The van der Waals surface area contributed by atoms with E-state index in [0.717, 1.165) is 29.9 Å². The third kappa shape index (κ3) is 9.79. The molecule has 1 aliphatic heterocycles. The van der Waals surface area contributed by atoms with Gasteiger partial charge in [-0.1, -0.05) is 13.0 Å². The second kappa shape index (κ2) is 14.8. The average Bonchev–Trinajstić information content (AvgIpc) is 2.95. The Bertz CT molecular complexity index is 1290. The molecule has 0 aliphatic carbocycles. The number of guanidine groups is 1. The molecule has 2 aromatic carbocycles. The van der Waals surface area contributed by atoms with Crippen LogP contribution < -0.4 is 5.43 Å². The summed E-state index contributed by atoms with van der Waals surface area (Å²) in [6, 6.07) is 3.82. The molecule has 2 N–H and O–H groups in total. The molecule has 0 radical (unpaired) electrons. The van der Waals surface area contributed by atoms with Crippen LogP contribution in [0.15, 0.2) is 46.6 Å². The minimum absolute atomic E-state index is 0.0175. The highest BCUT2D eigenvalue weighted by atomic mass is 19.4. The zero-order chi connectivity index (χ0) is 33.6. The summed E-state index contributed by atoms with van der Waals surface area (Å²) in [6.07, 6.45) is -12.8. The summed E-state index contributed by atoms with van der Waals surface area (Å²) in [4.78, 5) is 3.08. The molecule has 0 amide bonds. The van der Waals surface area contributed by atoms with Gasteiger partial charge in [0.05, 0.1) is 16.7 Å². The number of ether oxygens (including phenoxy) is 1. The predicted molar refractivity (Wildman–Crippen MR) is 148 cm³/mol. The summed E-state index contributed by atoms with van der Waals surface area (Å²) >= 11 is 0. The van der Waals surface area contributed by atoms with E-state index in [1.165, 1.54) is 13.1 Å². The molecule has 1 heterocycles. The Hall–Kier alpha value is -3.40. The van der Waals surface area contributed by atoms with Gasteiger partial charge in [0, 0.05) is 45.9 Å². The number of benzene rings is 2. The van der Waals surface area contributed by atoms with Gasteiger partial charge in [0.25, 0.3) is 5.96 Å². The van der Waals surface area contributed by atoms with Gasteiger partial charge in [-0.3, -0.25) is 4.90 Å². The highest BCUT2D eigenvalue weighted by molar-refractivity contribution is 5.79. The summed E-state index contributed by atoms with van der Waals surface area (Å²) in [5.74, 6) is -0.164. The van der Waals surface area contributed by atoms with E-state index in [4.69, 9.17) is 10.3 Å². The van der Waals surface area contributed by atoms with Crippen LogP contribution in [-0.2, 0) is 36.4 Å². The molecule has 0 spiro atoms. The lowest BCUT2D eigenvalue weighted by Crippen LogP contribution is -2.34. The van der Waals surface area contributed by atoms with Crippen molar-refractivity contribution in [3.8, 4) is 0 Å². The topological polar surface area (TPSA) is 76.3 Å². The Kier molecular flexibility index (Phi) is 11.9. The highest BCUT2D eigenvalue weighted by Crippen LogP contribution is 2.38. The van der Waals surface area contributed by atoms with Gasteiger partial charge in [-0.25, -0.2) is 5.53 Å². The van der Waals surface area contributed by atoms with Crippen LogP contribution in [0.2, 0.25) is 0 Å². The van der Waals surface area contributed by atoms with Crippen LogP contribution in [0.3, 0.4) is 0 Å². The predicted octanol–water partition coefficient (Wildman–Crippen LogP) is 8.08. The zero-order valence-electron chi connectivity index (χ0n) is 24.9. The summed E-state index contributed by atoms with van der Waals surface area (Å²) in [5, 5.41) is 7.07. The van der Waals surface area contributed by atoms with Crippen LogP contribution in [0.25, 0.3) is 0 Å². The van der Waals surface area contributed by atoms with Gasteiger partial charge in [-0.2, -0.15) is 39.5 Å². The van der Waals surface area contributed by atoms with E-state index >= 15 is 0 Å². The standard InChI is InChI=1S/C29H35F9N6O/c1-4-25(43(3)15-18-7-9-45-10-8-18)24-6-5-21(27(30,31)32)13-20(24)17-44(26(41-39)42-40-2)16-19-11-22(28(33,34)35)14-23(12-19)29(36,37)38/h5-6,11-14,18,25,39-40H,4,7-10,15-17H2,1-3H3/b41-39?,42-26+. The highest BCUT2D eigenvalue weighted by Gasteiger charge is 2.37. The van der Waals surface area contributed by atoms with Crippen molar-refractivity contribution < 1.29 is 44.3 Å². The van der Waals surface area contributed by atoms with Gasteiger partial charge in [0.2, 0.25) is 0 Å². The number of alkyl halides is 9. The Labute approximate surface area is 254 Å². The molecule has 1 fully saturated rings. The Morgan fingerprint density at radius 2 is 1.49 bits per heavy atom. The van der Waals surface area contributed by atoms with E-state index in [-0.39, 0.29) is 17.7 Å². The SMILES string of the molecule is CCC(c1ccc(C(F)(F)F)cc1CN(Cc1cc(C(F)(F)F)cc(C(F)(F)F)c1)/C(N=N)=N/NC)N(C)CC1CCOCC1. The van der Waals surface area contributed by atoms with E-state index in [1.54, 1.807) is 0 Å². The van der Waals surface area contributed by atoms with Crippen molar-refractivity contribution in [1.82, 2.24) is 15.2 Å². The molecule has 1 unspecified atom stereocenters. The molecule has 7 nitrogen and oxygen atoms in total. The maximum Gasteiger partial charge on any atom is 0.416 e. The van der Waals surface area contributed by atoms with Crippen LogP contribution in [0.4, 0.5) is 39.5 Å². The van der Waals surface area contributed by atoms with Crippen molar-refractivity contribution in [1.29, 1.82) is 5.53 Å². The second-order valence-corrected chi connectivity index (χ2v) is 10.8. The fourth-order valence-electron chi connectivity index (χ4n) is 5.48. The molecule has 16 heteroatoms. The van der Waals surface area contributed by atoms with Crippen LogP contribution in [0.5, 0.6) is 0 Å². The summed E-state index contributed by atoms with van der Waals surface area (Å²) in [7, 11) is 3.17. The molecule has 2 aromatic rings. The molecule has 45 heavy (non-hydrogen) atoms. The molecular formula is C29H35F9N6O. The quantitative estimate of drug-likeness (QED) is 0.0894. The first kappa shape index (κ1) is 36.1. The summed E-state index contributed by atoms with van der Waals surface area (Å²) < 4.78 is 128. The number of nitrogens with zero attached hydrogens (tertiary/aromatic N) is 4. The normalized spacial score (nSPS) is 16.2. The Balaban J connectivity index is 2.12. The van der Waals surface area contributed by atoms with Crippen molar-refractivity contribution in [2.45, 2.75) is 63.8 Å². The number of nitrogens with one attached hydrogen (secondary N) is 2. The molecule has 1 atom stereocenters. The van der Waals surface area contributed by atoms with Crippen molar-refractivity contribution >= 4 is 5.96 Å². The van der Waals surface area contributed by atoms with Gasteiger partial charge in [0.1, 0.15) is 0 Å². The number of hydrogen-bond acceptors (Lipinski definition) is 5. The first-order valence-corrected chi connectivity index (χ1v) is 14.1. The Morgan fingerprint density at radius 1 is 0.911 bits per heavy atom. The van der Waals surface area contributed by atoms with Crippen molar-refractivity contribution in [3.63, 3.8) is 0 Å². The smallest absolute Gasteiger partial charge is 0.381 e. The van der Waals surface area contributed by atoms with Gasteiger partial charge in [-0.05, 0) is 79.3 Å². The molecule has 0 aromatic heterocycles. The lowest BCUT2D eigenvalue weighted by atomic mass is 9.92. The van der Waals surface area contributed by atoms with Gasteiger partial charge >= 0.3 is 18.5 Å². The first-order valence-electron chi connectivity index (χ1n) is 14.1. The molecule has 0 saturated carbocycles. The van der Waals surface area contributed by atoms with Crippen LogP contribution in [0.1, 0.15) is 65.6 Å². The summed E-state index contributed by atoms with van der Waals surface area (Å²) in [5.41, 5.74) is 5.99. The molecule has 1 aliphatic rings. The third-order valence-corrected chi connectivity index (χ3v) is 7.61. The fourth-order valence-corrected chi connectivity index (χ4v) is 5.48. The maximum atomic E-state index is 13.9. The fraction of sp³-hybridized carbons (Fsp3) is 0.552. The molecular weight excluding hydrogens is 619 g/mol. The van der Waals surface area contributed by atoms with Crippen LogP contribution in [0, 0.1) is 11.4 Å². The minimum Gasteiger partial charge on any atom is -0.381 e. The molecule has 3 rings (SSSR count). The van der Waals surface area contributed by atoms with Crippen LogP contribution >= 0.6 is 0 Å². The van der Waals surface area contributed by atoms with Crippen molar-refractivity contribution in [2.24, 2.45) is 16.1 Å². The van der Waals surface area contributed by atoms with Gasteiger partial charge in [0.15, 0.2) is 0 Å². The average molecular weight is 655 g/mol. The van der Waals surface area contributed by atoms with E-state index in [0.29, 0.717) is 49.8 Å². The van der Waals surface area contributed by atoms with E-state index in [2.05, 4.69) is 15.6 Å². The van der Waals surface area contributed by atoms with Gasteiger partial charge in [-0.15, -0.1) is 10.2 Å². The largest absolute Gasteiger partial charge is 0.416 e. The minimum atomic E-state index is -5.11. The van der Waals surface area contributed by atoms with Gasteiger partial charge < -0.3 is 15.1 Å². The molecule has 250 valence electrons. The lowest BCUT2D eigenvalue weighted by Gasteiger charge is -2.34. The molecule has 1 saturated heterocycles. The maximum absolute atomic E-state index is 13.9. The van der Waals surface area contributed by atoms with Crippen LogP contribution in [-0.4, -0.2) is 49.6 Å². The third-order valence-electron chi connectivity index (χ3n) is 7.61. The van der Waals surface area contributed by atoms with Crippen molar-refractivity contribution in [2.75, 3.05) is 33.9 Å². The summed E-state index contributed by atoms with van der Waals surface area (Å²) in [6.45, 7) is 2.56. The number of hydrogen-bond donors (Lipinski definition) is 2. The van der Waals surface area contributed by atoms with E-state index < -0.39 is 59.8 Å².